The standard InChI is InChI=1S/C12H15NO3/c1-9(12(15)16)6-13-7-10-2-4-11(8-14)5-3-10/h2-5,13-14H,1,6-8H2,(H,15,16). The van der Waals surface area contributed by atoms with Crippen molar-refractivity contribution in [1.82, 2.24) is 5.32 Å². The van der Waals surface area contributed by atoms with Crippen LogP contribution in [0, 0.1) is 0 Å². The van der Waals surface area contributed by atoms with Gasteiger partial charge in [0, 0.05) is 18.7 Å². The lowest BCUT2D eigenvalue weighted by Gasteiger charge is -2.05. The van der Waals surface area contributed by atoms with E-state index in [-0.39, 0.29) is 18.7 Å². The maximum Gasteiger partial charge on any atom is 0.332 e. The Labute approximate surface area is 94.2 Å². The van der Waals surface area contributed by atoms with Crippen molar-refractivity contribution >= 4 is 5.97 Å². The van der Waals surface area contributed by atoms with Crippen LogP contribution >= 0.6 is 0 Å². The SMILES string of the molecule is C=C(CNCc1ccc(CO)cc1)C(=O)O. The predicted molar refractivity (Wildman–Crippen MR) is 60.8 cm³/mol. The van der Waals surface area contributed by atoms with Crippen LogP contribution in [0.1, 0.15) is 11.1 Å². The second kappa shape index (κ2) is 6.05. The Morgan fingerprint density at radius 2 is 1.81 bits per heavy atom. The molecule has 0 aliphatic rings. The number of aliphatic carboxylic acids is 1. The number of carbonyl (C=O) groups is 1. The number of carboxylic acid groups (broad SMARTS) is 1. The van der Waals surface area contributed by atoms with Gasteiger partial charge in [-0.2, -0.15) is 0 Å². The smallest absolute Gasteiger partial charge is 0.332 e. The van der Waals surface area contributed by atoms with Crippen molar-refractivity contribution in [3.63, 3.8) is 0 Å². The lowest BCUT2D eigenvalue weighted by Crippen LogP contribution is -2.19. The van der Waals surface area contributed by atoms with E-state index in [9.17, 15) is 4.79 Å². The molecule has 0 aliphatic heterocycles. The number of nitrogens with one attached hydrogen (secondary N) is 1. The lowest BCUT2D eigenvalue weighted by molar-refractivity contribution is -0.132. The van der Waals surface area contributed by atoms with Crippen LogP contribution in [0.25, 0.3) is 0 Å². The average Bonchev–Trinajstić information content (AvgIpc) is 2.29. The van der Waals surface area contributed by atoms with E-state index in [1.165, 1.54) is 0 Å². The third-order valence-corrected chi connectivity index (χ3v) is 2.18. The molecule has 0 fully saturated rings. The largest absolute Gasteiger partial charge is 0.478 e. The van der Waals surface area contributed by atoms with Crippen molar-refractivity contribution in [3.05, 3.63) is 47.5 Å². The summed E-state index contributed by atoms with van der Waals surface area (Å²) in [5, 5.41) is 20.4. The summed E-state index contributed by atoms with van der Waals surface area (Å²) in [6.45, 7) is 4.29. The van der Waals surface area contributed by atoms with Crippen LogP contribution in [0.15, 0.2) is 36.4 Å². The van der Waals surface area contributed by atoms with Crippen molar-refractivity contribution in [3.8, 4) is 0 Å². The molecule has 0 unspecified atom stereocenters. The summed E-state index contributed by atoms with van der Waals surface area (Å²) in [6, 6.07) is 7.45. The minimum atomic E-state index is -0.983. The first-order valence-corrected chi connectivity index (χ1v) is 4.94. The van der Waals surface area contributed by atoms with Crippen LogP contribution in [0.2, 0.25) is 0 Å². The van der Waals surface area contributed by atoms with Gasteiger partial charge in [0.2, 0.25) is 0 Å². The lowest BCUT2D eigenvalue weighted by atomic mass is 10.1. The van der Waals surface area contributed by atoms with Gasteiger partial charge in [0.25, 0.3) is 0 Å². The normalized spacial score (nSPS) is 10.1. The van der Waals surface area contributed by atoms with Crippen LogP contribution in [0.3, 0.4) is 0 Å². The van der Waals surface area contributed by atoms with Crippen molar-refractivity contribution in [1.29, 1.82) is 0 Å². The predicted octanol–water partition coefficient (Wildman–Crippen LogP) is 0.909. The average molecular weight is 221 g/mol. The molecule has 0 spiro atoms. The molecule has 0 bridgehead atoms. The van der Waals surface area contributed by atoms with Gasteiger partial charge < -0.3 is 15.5 Å². The summed E-state index contributed by atoms with van der Waals surface area (Å²) in [5.74, 6) is -0.983. The summed E-state index contributed by atoms with van der Waals surface area (Å²) in [5.41, 5.74) is 2.04. The summed E-state index contributed by atoms with van der Waals surface area (Å²) < 4.78 is 0. The van der Waals surface area contributed by atoms with Gasteiger partial charge in [0.1, 0.15) is 0 Å². The van der Waals surface area contributed by atoms with Crippen LogP contribution < -0.4 is 5.32 Å². The fraction of sp³-hybridized carbons (Fsp3) is 0.250. The van der Waals surface area contributed by atoms with E-state index in [0.29, 0.717) is 6.54 Å². The van der Waals surface area contributed by atoms with Gasteiger partial charge in [-0.3, -0.25) is 0 Å². The Hall–Kier alpha value is -1.65. The van der Waals surface area contributed by atoms with E-state index in [1.54, 1.807) is 0 Å². The first-order valence-electron chi connectivity index (χ1n) is 4.94. The number of aliphatic hydroxyl groups excluding tert-OH is 1. The van der Waals surface area contributed by atoms with Crippen LogP contribution in [-0.2, 0) is 17.9 Å². The molecule has 0 aliphatic carbocycles. The molecule has 0 aromatic heterocycles. The van der Waals surface area contributed by atoms with Crippen molar-refractivity contribution in [2.75, 3.05) is 6.54 Å². The molecule has 0 radical (unpaired) electrons. The Morgan fingerprint density at radius 1 is 1.25 bits per heavy atom. The summed E-state index contributed by atoms with van der Waals surface area (Å²) in [6.07, 6.45) is 0. The summed E-state index contributed by atoms with van der Waals surface area (Å²) >= 11 is 0. The highest BCUT2D eigenvalue weighted by atomic mass is 16.4. The third kappa shape index (κ3) is 3.84. The number of hydrogen-bond donors (Lipinski definition) is 3. The molecule has 1 aromatic carbocycles. The minimum absolute atomic E-state index is 0.0313. The highest BCUT2D eigenvalue weighted by Gasteiger charge is 2.02. The molecule has 0 saturated heterocycles. The number of aliphatic hydroxyl groups is 1. The summed E-state index contributed by atoms with van der Waals surface area (Å²) in [7, 11) is 0. The molecule has 0 atom stereocenters. The second-order valence-corrected chi connectivity index (χ2v) is 3.49. The van der Waals surface area contributed by atoms with Crippen LogP contribution in [-0.4, -0.2) is 22.7 Å². The number of hydrogen-bond acceptors (Lipinski definition) is 3. The summed E-state index contributed by atoms with van der Waals surface area (Å²) in [4.78, 5) is 10.5. The molecule has 4 nitrogen and oxygen atoms in total. The van der Waals surface area contributed by atoms with E-state index < -0.39 is 5.97 Å². The molecule has 1 rings (SSSR count). The molecule has 0 saturated carbocycles. The van der Waals surface area contributed by atoms with E-state index >= 15 is 0 Å². The van der Waals surface area contributed by atoms with Crippen molar-refractivity contribution < 1.29 is 15.0 Å². The first kappa shape index (κ1) is 12.4. The van der Waals surface area contributed by atoms with E-state index in [1.807, 2.05) is 24.3 Å². The number of benzene rings is 1. The molecular weight excluding hydrogens is 206 g/mol. The number of carboxylic acids is 1. The number of rotatable bonds is 6. The Balaban J connectivity index is 2.37. The van der Waals surface area contributed by atoms with Gasteiger partial charge in [-0.15, -0.1) is 0 Å². The molecule has 0 amide bonds. The monoisotopic (exact) mass is 221 g/mol. The van der Waals surface area contributed by atoms with Gasteiger partial charge in [-0.25, -0.2) is 4.79 Å². The zero-order chi connectivity index (χ0) is 12.0. The zero-order valence-electron chi connectivity index (χ0n) is 8.94. The zero-order valence-corrected chi connectivity index (χ0v) is 8.94. The molecule has 3 N–H and O–H groups in total. The fourth-order valence-electron chi connectivity index (χ4n) is 1.20. The maximum absolute atomic E-state index is 10.5. The van der Waals surface area contributed by atoms with Gasteiger partial charge in [-0.1, -0.05) is 30.8 Å². The third-order valence-electron chi connectivity index (χ3n) is 2.18. The topological polar surface area (TPSA) is 69.6 Å². The quantitative estimate of drug-likeness (QED) is 0.624. The van der Waals surface area contributed by atoms with Crippen molar-refractivity contribution in [2.45, 2.75) is 13.2 Å². The Morgan fingerprint density at radius 3 is 2.31 bits per heavy atom. The van der Waals surface area contributed by atoms with E-state index in [0.717, 1.165) is 11.1 Å². The Bertz CT molecular complexity index is 370. The highest BCUT2D eigenvalue weighted by molar-refractivity contribution is 5.86. The molecular formula is C12H15NO3. The minimum Gasteiger partial charge on any atom is -0.478 e. The van der Waals surface area contributed by atoms with Gasteiger partial charge in [0.05, 0.1) is 6.61 Å². The van der Waals surface area contributed by atoms with Gasteiger partial charge >= 0.3 is 5.97 Å². The first-order chi connectivity index (χ1) is 7.63. The molecule has 1 aromatic rings. The molecule has 86 valence electrons. The van der Waals surface area contributed by atoms with Crippen molar-refractivity contribution in [2.24, 2.45) is 0 Å². The van der Waals surface area contributed by atoms with Crippen LogP contribution in [0.5, 0.6) is 0 Å². The molecule has 0 heterocycles. The molecule has 4 heteroatoms. The fourth-order valence-corrected chi connectivity index (χ4v) is 1.20. The highest BCUT2D eigenvalue weighted by Crippen LogP contribution is 2.04. The van der Waals surface area contributed by atoms with E-state index in [4.69, 9.17) is 10.2 Å². The maximum atomic E-state index is 10.5. The Kier molecular flexibility index (Phi) is 4.69. The van der Waals surface area contributed by atoms with E-state index in [2.05, 4.69) is 11.9 Å². The van der Waals surface area contributed by atoms with Gasteiger partial charge in [0.15, 0.2) is 0 Å². The van der Waals surface area contributed by atoms with Gasteiger partial charge in [-0.05, 0) is 11.1 Å². The van der Waals surface area contributed by atoms with Crippen LogP contribution in [0.4, 0.5) is 0 Å². The second-order valence-electron chi connectivity index (χ2n) is 3.49. The molecule has 16 heavy (non-hydrogen) atoms.